The minimum atomic E-state index is -0.255. The number of H-pyrrole nitrogens is 1. The molecule has 0 aliphatic rings. The molecule has 7 heteroatoms. The third-order valence-electron chi connectivity index (χ3n) is 5.45. The lowest BCUT2D eigenvalue weighted by atomic mass is 10.0. The largest absolute Gasteiger partial charge is 0.450 e. The van der Waals surface area contributed by atoms with Gasteiger partial charge in [-0.3, -0.25) is 9.59 Å². The van der Waals surface area contributed by atoms with Gasteiger partial charge in [-0.1, -0.05) is 18.2 Å². The van der Waals surface area contributed by atoms with Crippen molar-refractivity contribution in [2.75, 3.05) is 13.7 Å². The number of hydrogen-bond donors (Lipinski definition) is 1. The lowest BCUT2D eigenvalue weighted by molar-refractivity contribution is 0.186. The Kier molecular flexibility index (Phi) is 5.52. The Hall–Kier alpha value is -3.58. The van der Waals surface area contributed by atoms with E-state index in [0.717, 1.165) is 22.1 Å². The molecule has 3 aromatic heterocycles. The molecule has 4 aromatic rings. The van der Waals surface area contributed by atoms with Gasteiger partial charge in [0.25, 0.3) is 11.1 Å². The molecule has 31 heavy (non-hydrogen) atoms. The number of nitrogens with zero attached hydrogens (tertiary/aromatic N) is 2. The molecule has 1 N–H and O–H groups in total. The number of aryl methyl sites for hydroxylation is 3. The van der Waals surface area contributed by atoms with E-state index in [2.05, 4.69) is 4.98 Å². The quantitative estimate of drug-likeness (QED) is 0.516. The van der Waals surface area contributed by atoms with Crippen molar-refractivity contribution in [1.29, 1.82) is 0 Å². The van der Waals surface area contributed by atoms with E-state index in [1.165, 1.54) is 4.57 Å². The topological polar surface area (TPSA) is 78.2 Å². The summed E-state index contributed by atoms with van der Waals surface area (Å²) in [5, 5.41) is 0.739. The number of hydrogen-bond acceptors (Lipinski definition) is 4. The van der Waals surface area contributed by atoms with E-state index in [0.29, 0.717) is 30.0 Å². The van der Waals surface area contributed by atoms with Crippen LogP contribution in [0.2, 0.25) is 0 Å². The van der Waals surface area contributed by atoms with Gasteiger partial charge in [0, 0.05) is 55.8 Å². The van der Waals surface area contributed by atoms with E-state index in [1.807, 2.05) is 44.2 Å². The first-order valence-corrected chi connectivity index (χ1v) is 10.1. The van der Waals surface area contributed by atoms with Gasteiger partial charge < -0.3 is 23.6 Å². The second kappa shape index (κ2) is 8.28. The second-order valence-corrected chi connectivity index (χ2v) is 7.60. The van der Waals surface area contributed by atoms with E-state index in [-0.39, 0.29) is 16.9 Å². The molecular weight excluding hydrogens is 394 g/mol. The fourth-order valence-corrected chi connectivity index (χ4v) is 3.78. The lowest BCUT2D eigenvalue weighted by Crippen LogP contribution is -2.23. The first-order chi connectivity index (χ1) is 14.9. The van der Waals surface area contributed by atoms with Crippen LogP contribution in [0.1, 0.15) is 11.1 Å². The molecule has 7 nitrogen and oxygen atoms in total. The van der Waals surface area contributed by atoms with Crippen LogP contribution in [-0.4, -0.2) is 27.8 Å². The lowest BCUT2D eigenvalue weighted by Gasteiger charge is -2.17. The molecule has 0 aliphatic heterocycles. The Balaban J connectivity index is 1.98. The third-order valence-corrected chi connectivity index (χ3v) is 5.45. The van der Waals surface area contributed by atoms with Gasteiger partial charge in [0.2, 0.25) is 5.75 Å². The molecule has 0 saturated heterocycles. The predicted octanol–water partition coefficient (Wildman–Crippen LogP) is 3.75. The Morgan fingerprint density at radius 3 is 2.42 bits per heavy atom. The minimum Gasteiger partial charge on any atom is -0.450 e. The van der Waals surface area contributed by atoms with Gasteiger partial charge in [-0.2, -0.15) is 0 Å². The Morgan fingerprint density at radius 1 is 0.968 bits per heavy atom. The average Bonchev–Trinajstić information content (AvgIpc) is 3.24. The highest BCUT2D eigenvalue weighted by molar-refractivity contribution is 5.95. The number of benzene rings is 1. The van der Waals surface area contributed by atoms with E-state index < -0.39 is 0 Å². The van der Waals surface area contributed by atoms with Gasteiger partial charge in [-0.25, -0.2) is 0 Å². The highest BCUT2D eigenvalue weighted by atomic mass is 16.5. The summed E-state index contributed by atoms with van der Waals surface area (Å²) in [6.07, 6.45) is 5.20. The Labute approximate surface area is 179 Å². The molecule has 4 rings (SSSR count). The van der Waals surface area contributed by atoms with Crippen molar-refractivity contribution in [3.8, 4) is 22.6 Å². The molecule has 3 heterocycles. The number of ether oxygens (including phenoxy) is 2. The van der Waals surface area contributed by atoms with Crippen LogP contribution in [0.3, 0.4) is 0 Å². The van der Waals surface area contributed by atoms with Gasteiger partial charge in [-0.15, -0.1) is 0 Å². The van der Waals surface area contributed by atoms with Gasteiger partial charge in [0.1, 0.15) is 11.3 Å². The Morgan fingerprint density at radius 2 is 1.71 bits per heavy atom. The SMILES string of the molecule is COCCn1ccc(-c2cn(C)c(=O)c3[nH]ccc23)c(Oc2c(C)cccc2C)c1=O. The van der Waals surface area contributed by atoms with Crippen LogP contribution in [0.4, 0.5) is 0 Å². The van der Waals surface area contributed by atoms with Crippen molar-refractivity contribution in [3.05, 3.63) is 80.8 Å². The molecule has 0 amide bonds. The molecule has 0 atom stereocenters. The van der Waals surface area contributed by atoms with Crippen molar-refractivity contribution < 1.29 is 9.47 Å². The monoisotopic (exact) mass is 419 g/mol. The predicted molar refractivity (Wildman–Crippen MR) is 121 cm³/mol. The van der Waals surface area contributed by atoms with Crippen molar-refractivity contribution >= 4 is 10.9 Å². The zero-order valence-corrected chi connectivity index (χ0v) is 18.1. The molecule has 160 valence electrons. The number of aromatic nitrogens is 3. The van der Waals surface area contributed by atoms with Crippen LogP contribution in [-0.2, 0) is 18.3 Å². The standard InChI is InChI=1S/C24H25N3O4/c1-15-6-5-7-16(2)21(15)31-22-18(9-11-27(24(22)29)12-13-30-4)19-14-26(3)23(28)20-17(19)8-10-25-20/h5-11,14,25H,12-13H2,1-4H3. The number of pyridine rings is 2. The number of nitrogens with one attached hydrogen (secondary N) is 1. The van der Waals surface area contributed by atoms with Crippen molar-refractivity contribution in [2.24, 2.45) is 7.05 Å². The second-order valence-electron chi connectivity index (χ2n) is 7.60. The summed E-state index contributed by atoms with van der Waals surface area (Å²) in [5.74, 6) is 0.873. The Bertz CT molecular complexity index is 1360. The van der Waals surface area contributed by atoms with Gasteiger partial charge >= 0.3 is 0 Å². The summed E-state index contributed by atoms with van der Waals surface area (Å²) in [7, 11) is 3.29. The number of methoxy groups -OCH3 is 1. The van der Waals surface area contributed by atoms with Crippen LogP contribution >= 0.6 is 0 Å². The van der Waals surface area contributed by atoms with Crippen LogP contribution < -0.4 is 15.9 Å². The fourth-order valence-electron chi connectivity index (χ4n) is 3.78. The van der Waals surface area contributed by atoms with Crippen LogP contribution in [0.5, 0.6) is 11.5 Å². The number of fused-ring (bicyclic) bond motifs is 1. The molecule has 0 unspecified atom stereocenters. The van der Waals surface area contributed by atoms with Crippen LogP contribution in [0, 0.1) is 13.8 Å². The normalized spacial score (nSPS) is 11.2. The number of aromatic amines is 1. The van der Waals surface area contributed by atoms with E-state index in [4.69, 9.17) is 9.47 Å². The average molecular weight is 419 g/mol. The summed E-state index contributed by atoms with van der Waals surface area (Å²) in [5.41, 5.74) is 3.35. The van der Waals surface area contributed by atoms with Crippen molar-refractivity contribution in [2.45, 2.75) is 20.4 Å². The first kappa shape index (κ1) is 20.7. The van der Waals surface area contributed by atoms with Crippen LogP contribution in [0.25, 0.3) is 22.0 Å². The van der Waals surface area contributed by atoms with Crippen molar-refractivity contribution in [1.82, 2.24) is 14.1 Å². The van der Waals surface area contributed by atoms with Gasteiger partial charge in [-0.05, 0) is 37.1 Å². The van der Waals surface area contributed by atoms with Gasteiger partial charge in [0.05, 0.1) is 6.61 Å². The molecular formula is C24H25N3O4. The summed E-state index contributed by atoms with van der Waals surface area (Å²) in [4.78, 5) is 28.9. The van der Waals surface area contributed by atoms with Crippen LogP contribution in [0.15, 0.2) is 58.5 Å². The molecule has 0 spiro atoms. The zero-order chi connectivity index (χ0) is 22.1. The van der Waals surface area contributed by atoms with E-state index in [1.54, 1.807) is 37.3 Å². The summed E-state index contributed by atoms with van der Waals surface area (Å²) in [6, 6.07) is 9.55. The minimum absolute atomic E-state index is 0.130. The van der Waals surface area contributed by atoms with E-state index in [9.17, 15) is 9.59 Å². The van der Waals surface area contributed by atoms with E-state index >= 15 is 0 Å². The third kappa shape index (κ3) is 3.68. The molecule has 0 saturated carbocycles. The highest BCUT2D eigenvalue weighted by Gasteiger charge is 2.20. The number of para-hydroxylation sites is 1. The summed E-state index contributed by atoms with van der Waals surface area (Å²) < 4.78 is 14.5. The maximum absolute atomic E-state index is 13.4. The summed E-state index contributed by atoms with van der Waals surface area (Å²) >= 11 is 0. The molecule has 0 radical (unpaired) electrons. The van der Waals surface area contributed by atoms with Gasteiger partial charge in [0.15, 0.2) is 0 Å². The molecule has 0 fully saturated rings. The fraction of sp³-hybridized carbons (Fsp3) is 0.250. The highest BCUT2D eigenvalue weighted by Crippen LogP contribution is 2.36. The zero-order valence-electron chi connectivity index (χ0n) is 18.1. The number of rotatable bonds is 6. The van der Waals surface area contributed by atoms with Crippen molar-refractivity contribution in [3.63, 3.8) is 0 Å². The summed E-state index contributed by atoms with van der Waals surface area (Å²) in [6.45, 7) is 4.71. The maximum Gasteiger partial charge on any atom is 0.294 e. The molecule has 0 aliphatic carbocycles. The first-order valence-electron chi connectivity index (χ1n) is 10.1. The maximum atomic E-state index is 13.4. The molecule has 1 aromatic carbocycles. The molecule has 0 bridgehead atoms. The smallest absolute Gasteiger partial charge is 0.294 e.